The molecular weight excluding hydrogens is 351 g/mol. The van der Waals surface area contributed by atoms with Crippen molar-refractivity contribution in [2.75, 3.05) is 31.1 Å². The fraction of sp³-hybridized carbons (Fsp3) is 0.400. The van der Waals surface area contributed by atoms with Crippen molar-refractivity contribution in [3.63, 3.8) is 0 Å². The minimum Gasteiger partial charge on any atom is -0.368 e. The molecule has 0 spiro atoms. The first-order valence-electron chi connectivity index (χ1n) is 8.94. The predicted molar refractivity (Wildman–Crippen MR) is 103 cm³/mol. The van der Waals surface area contributed by atoms with Gasteiger partial charge in [-0.15, -0.1) is 0 Å². The lowest BCUT2D eigenvalue weighted by Crippen LogP contribution is -2.49. The number of benzene rings is 2. The van der Waals surface area contributed by atoms with Crippen LogP contribution in [0.4, 0.5) is 10.1 Å². The highest BCUT2D eigenvalue weighted by Crippen LogP contribution is 2.28. The molecule has 6 heteroatoms. The minimum absolute atomic E-state index is 0.192. The van der Waals surface area contributed by atoms with Crippen LogP contribution in [0.25, 0.3) is 0 Å². The minimum atomic E-state index is -3.60. The first-order valence-corrected chi connectivity index (χ1v) is 10.4. The molecule has 1 heterocycles. The molecule has 0 unspecified atom stereocenters. The van der Waals surface area contributed by atoms with Crippen LogP contribution in [0.5, 0.6) is 0 Å². The number of hydrogen-bond acceptors (Lipinski definition) is 3. The lowest BCUT2D eigenvalue weighted by atomic mass is 10.0. The average Bonchev–Trinajstić information content (AvgIpc) is 2.61. The van der Waals surface area contributed by atoms with Crippen LogP contribution in [0.2, 0.25) is 0 Å². The highest BCUT2D eigenvalue weighted by atomic mass is 32.2. The van der Waals surface area contributed by atoms with Crippen molar-refractivity contribution in [3.05, 3.63) is 58.9 Å². The van der Waals surface area contributed by atoms with Gasteiger partial charge < -0.3 is 4.90 Å². The van der Waals surface area contributed by atoms with E-state index in [2.05, 4.69) is 36.9 Å². The van der Waals surface area contributed by atoms with E-state index < -0.39 is 15.8 Å². The molecule has 1 aliphatic heterocycles. The first-order chi connectivity index (χ1) is 12.3. The van der Waals surface area contributed by atoms with Crippen molar-refractivity contribution in [2.45, 2.75) is 32.1 Å². The summed E-state index contributed by atoms with van der Waals surface area (Å²) in [5.41, 5.74) is 4.18. The molecule has 140 valence electrons. The zero-order chi connectivity index (χ0) is 18.9. The summed E-state index contributed by atoms with van der Waals surface area (Å²) in [6, 6.07) is 10.1. The number of piperazine rings is 1. The highest BCUT2D eigenvalue weighted by Gasteiger charge is 2.30. The van der Waals surface area contributed by atoms with Gasteiger partial charge >= 0.3 is 0 Å². The largest absolute Gasteiger partial charge is 0.368 e. The normalized spacial score (nSPS) is 16.1. The molecule has 1 aliphatic rings. The van der Waals surface area contributed by atoms with Gasteiger partial charge in [0.2, 0.25) is 10.0 Å². The Hall–Kier alpha value is -1.92. The summed E-state index contributed by atoms with van der Waals surface area (Å²) in [7, 11) is -3.60. The Balaban J connectivity index is 1.80. The van der Waals surface area contributed by atoms with Gasteiger partial charge in [0.05, 0.1) is 4.90 Å². The second kappa shape index (κ2) is 7.37. The molecule has 0 radical (unpaired) electrons. The average molecular weight is 376 g/mol. The number of anilines is 1. The maximum Gasteiger partial charge on any atom is 0.243 e. The third-order valence-corrected chi connectivity index (χ3v) is 7.07. The van der Waals surface area contributed by atoms with Crippen LogP contribution in [-0.4, -0.2) is 38.9 Å². The van der Waals surface area contributed by atoms with Gasteiger partial charge in [-0.2, -0.15) is 4.31 Å². The van der Waals surface area contributed by atoms with Gasteiger partial charge in [0.15, 0.2) is 0 Å². The fourth-order valence-corrected chi connectivity index (χ4v) is 5.28. The number of hydrogen-bond donors (Lipinski definition) is 0. The summed E-state index contributed by atoms with van der Waals surface area (Å²) in [4.78, 5) is 2.47. The van der Waals surface area contributed by atoms with Gasteiger partial charge in [0, 0.05) is 31.9 Å². The van der Waals surface area contributed by atoms with Crippen molar-refractivity contribution < 1.29 is 12.8 Å². The molecule has 0 aromatic heterocycles. The number of sulfonamides is 1. The quantitative estimate of drug-likeness (QED) is 0.820. The Morgan fingerprint density at radius 1 is 1.00 bits per heavy atom. The number of rotatable bonds is 4. The molecule has 26 heavy (non-hydrogen) atoms. The Bertz CT molecular complexity index is 904. The summed E-state index contributed by atoms with van der Waals surface area (Å²) in [6.45, 7) is 8.02. The van der Waals surface area contributed by atoms with Crippen LogP contribution in [0.15, 0.2) is 41.3 Å². The zero-order valence-corrected chi connectivity index (χ0v) is 16.3. The lowest BCUT2D eigenvalue weighted by Gasteiger charge is -2.37. The van der Waals surface area contributed by atoms with E-state index in [4.69, 9.17) is 0 Å². The highest BCUT2D eigenvalue weighted by molar-refractivity contribution is 7.89. The molecule has 4 nitrogen and oxygen atoms in total. The van der Waals surface area contributed by atoms with Gasteiger partial charge in [-0.1, -0.05) is 25.1 Å². The molecule has 0 saturated carbocycles. The van der Waals surface area contributed by atoms with Crippen molar-refractivity contribution in [2.24, 2.45) is 0 Å². The summed E-state index contributed by atoms with van der Waals surface area (Å²) in [6.07, 6.45) is 0.949. The van der Waals surface area contributed by atoms with Crippen LogP contribution in [0, 0.1) is 19.7 Å². The molecule has 2 aromatic rings. The smallest absolute Gasteiger partial charge is 0.243 e. The van der Waals surface area contributed by atoms with E-state index in [0.717, 1.165) is 6.42 Å². The van der Waals surface area contributed by atoms with Crippen LogP contribution in [-0.2, 0) is 16.4 Å². The second-order valence-electron chi connectivity index (χ2n) is 6.74. The third kappa shape index (κ3) is 3.48. The molecule has 1 fully saturated rings. The van der Waals surface area contributed by atoms with E-state index >= 15 is 0 Å². The number of halogens is 1. The third-order valence-electron chi connectivity index (χ3n) is 5.01. The van der Waals surface area contributed by atoms with Crippen LogP contribution in [0.1, 0.15) is 23.6 Å². The molecular formula is C20H25FN2O2S. The Kier molecular flexibility index (Phi) is 5.34. The SMILES string of the molecule is CCc1cccc(C)c1N1CCN(S(=O)(=O)c2ccc(F)cc2C)CC1. The monoisotopic (exact) mass is 376 g/mol. The van der Waals surface area contributed by atoms with Crippen LogP contribution >= 0.6 is 0 Å². The summed E-state index contributed by atoms with van der Waals surface area (Å²) in [5.74, 6) is -0.419. The maximum absolute atomic E-state index is 13.3. The standard InChI is InChI=1S/C20H25FN2O2S/c1-4-17-7-5-6-15(2)20(17)22-10-12-23(13-11-22)26(24,25)19-9-8-18(21)14-16(19)3/h5-9,14H,4,10-13H2,1-3H3. The van der Waals surface area contributed by atoms with Gasteiger partial charge in [-0.05, 0) is 55.2 Å². The van der Waals surface area contributed by atoms with E-state index in [9.17, 15) is 12.8 Å². The predicted octanol–water partition coefficient (Wildman–Crippen LogP) is 3.52. The molecule has 0 atom stereocenters. The number of para-hydroxylation sites is 1. The van der Waals surface area contributed by atoms with Crippen LogP contribution in [0.3, 0.4) is 0 Å². The van der Waals surface area contributed by atoms with Gasteiger partial charge in [0.25, 0.3) is 0 Å². The van der Waals surface area contributed by atoms with Crippen molar-refractivity contribution >= 4 is 15.7 Å². The Labute approximate surface area is 155 Å². The Morgan fingerprint density at radius 2 is 1.69 bits per heavy atom. The molecule has 0 bridgehead atoms. The molecule has 0 aliphatic carbocycles. The van der Waals surface area contributed by atoms with Crippen LogP contribution < -0.4 is 4.90 Å². The van der Waals surface area contributed by atoms with Gasteiger partial charge in [0.1, 0.15) is 5.82 Å². The van der Waals surface area contributed by atoms with Crippen molar-refractivity contribution in [1.29, 1.82) is 0 Å². The van der Waals surface area contributed by atoms with Gasteiger partial charge in [-0.3, -0.25) is 0 Å². The van der Waals surface area contributed by atoms with E-state index in [-0.39, 0.29) is 4.90 Å². The fourth-order valence-electron chi connectivity index (χ4n) is 3.65. The van der Waals surface area contributed by atoms with Crippen molar-refractivity contribution in [3.8, 4) is 0 Å². The molecule has 2 aromatic carbocycles. The Morgan fingerprint density at radius 3 is 2.31 bits per heavy atom. The molecule has 3 rings (SSSR count). The maximum atomic E-state index is 13.3. The topological polar surface area (TPSA) is 40.6 Å². The van der Waals surface area contributed by atoms with Crippen molar-refractivity contribution in [1.82, 2.24) is 4.31 Å². The van der Waals surface area contributed by atoms with E-state index in [1.54, 1.807) is 6.92 Å². The number of aryl methyl sites for hydroxylation is 3. The summed E-state index contributed by atoms with van der Waals surface area (Å²) < 4.78 is 40.7. The summed E-state index contributed by atoms with van der Waals surface area (Å²) >= 11 is 0. The molecule has 0 amide bonds. The van der Waals surface area contributed by atoms with E-state index in [1.165, 1.54) is 39.3 Å². The first kappa shape index (κ1) is 18.9. The van der Waals surface area contributed by atoms with E-state index in [1.807, 2.05) is 0 Å². The second-order valence-corrected chi connectivity index (χ2v) is 8.64. The lowest BCUT2D eigenvalue weighted by molar-refractivity contribution is 0.384. The summed E-state index contributed by atoms with van der Waals surface area (Å²) in [5, 5.41) is 0. The number of nitrogens with zero attached hydrogens (tertiary/aromatic N) is 2. The van der Waals surface area contributed by atoms with E-state index in [0.29, 0.717) is 31.7 Å². The molecule has 0 N–H and O–H groups in total. The zero-order valence-electron chi connectivity index (χ0n) is 15.5. The van der Waals surface area contributed by atoms with Gasteiger partial charge in [-0.25, -0.2) is 12.8 Å². The molecule has 1 saturated heterocycles.